The molecule has 0 aliphatic heterocycles. The summed E-state index contributed by atoms with van der Waals surface area (Å²) in [7, 11) is 0. The molecule has 0 atom stereocenters. The summed E-state index contributed by atoms with van der Waals surface area (Å²) in [6, 6.07) is 22.2. The summed E-state index contributed by atoms with van der Waals surface area (Å²) in [5.41, 5.74) is 2.98. The molecule has 0 aliphatic rings. The van der Waals surface area contributed by atoms with E-state index in [2.05, 4.69) is 31.9 Å². The third-order valence-electron chi connectivity index (χ3n) is 5.56. The van der Waals surface area contributed by atoms with Crippen molar-refractivity contribution in [2.75, 3.05) is 10.6 Å². The Bertz CT molecular complexity index is 1520. The Morgan fingerprint density at radius 1 is 0.784 bits per heavy atom. The number of aryl methyl sites for hydroxylation is 2. The van der Waals surface area contributed by atoms with Crippen molar-refractivity contribution in [3.63, 3.8) is 0 Å². The fourth-order valence-electron chi connectivity index (χ4n) is 3.75. The van der Waals surface area contributed by atoms with E-state index in [-0.39, 0.29) is 28.6 Å². The molecule has 37 heavy (non-hydrogen) atoms. The van der Waals surface area contributed by atoms with E-state index in [9.17, 15) is 18.4 Å². The fraction of sp³-hybridized carbons (Fsp3) is 0.143. The molecule has 0 radical (unpaired) electrons. The predicted octanol–water partition coefficient (Wildman–Crippen LogP) is 8.80. The van der Waals surface area contributed by atoms with E-state index in [4.69, 9.17) is 0 Å². The molecule has 4 rings (SSSR count). The first-order chi connectivity index (χ1) is 17.7. The number of nitriles is 1. The van der Waals surface area contributed by atoms with Crippen LogP contribution < -0.4 is 10.6 Å². The molecule has 1 aromatic heterocycles. The second-order valence-electron chi connectivity index (χ2n) is 8.47. The van der Waals surface area contributed by atoms with Gasteiger partial charge < -0.3 is 10.6 Å². The molecule has 4 aromatic rings. The summed E-state index contributed by atoms with van der Waals surface area (Å²) in [5, 5.41) is 24.4. The van der Waals surface area contributed by atoms with Gasteiger partial charge in [-0.15, -0.1) is 10.2 Å². The molecule has 0 fully saturated rings. The monoisotopic (exact) mass is 500 g/mol. The number of alkyl halides is 3. The predicted molar refractivity (Wildman–Crippen MR) is 138 cm³/mol. The number of aromatic nitrogens is 1. The molecule has 1 heterocycles. The normalized spacial score (nSPS) is 11.4. The molecule has 9 heteroatoms. The Morgan fingerprint density at radius 2 is 1.38 bits per heavy atom. The number of anilines is 4. The molecule has 0 spiro atoms. The molecule has 186 valence electrons. The second kappa shape index (κ2) is 10.5. The zero-order chi connectivity index (χ0) is 26.6. The molecular formula is C28H23F3N6. The largest absolute Gasteiger partial charge is 0.418 e. The van der Waals surface area contributed by atoms with E-state index >= 15 is 0 Å². The Labute approximate surface area is 212 Å². The van der Waals surface area contributed by atoms with Crippen molar-refractivity contribution < 1.29 is 13.2 Å². The van der Waals surface area contributed by atoms with E-state index in [1.165, 1.54) is 18.2 Å². The average Bonchev–Trinajstić information content (AvgIpc) is 2.84. The molecule has 0 saturated heterocycles. The Kier molecular flexibility index (Phi) is 7.20. The van der Waals surface area contributed by atoms with Crippen molar-refractivity contribution in [3.05, 3.63) is 101 Å². The van der Waals surface area contributed by atoms with Gasteiger partial charge in [0, 0.05) is 16.9 Å². The van der Waals surface area contributed by atoms with Crippen LogP contribution in [-0.2, 0) is 6.18 Å². The number of hydrogen-bond acceptors (Lipinski definition) is 6. The molecule has 3 aromatic carbocycles. The number of pyridine rings is 1. The lowest BCUT2D eigenvalue weighted by molar-refractivity contribution is -0.137. The highest BCUT2D eigenvalue weighted by molar-refractivity contribution is 5.79. The van der Waals surface area contributed by atoms with Crippen molar-refractivity contribution in [2.24, 2.45) is 10.2 Å². The van der Waals surface area contributed by atoms with Gasteiger partial charge in [-0.25, -0.2) is 4.98 Å². The third-order valence-corrected chi connectivity index (χ3v) is 5.56. The van der Waals surface area contributed by atoms with Gasteiger partial charge in [-0.2, -0.15) is 18.4 Å². The quantitative estimate of drug-likeness (QED) is 0.259. The minimum Gasteiger partial charge on any atom is -0.339 e. The first-order valence-electron chi connectivity index (χ1n) is 11.4. The lowest BCUT2D eigenvalue weighted by atomic mass is 10.1. The summed E-state index contributed by atoms with van der Waals surface area (Å²) in [6.45, 7) is 5.54. The van der Waals surface area contributed by atoms with E-state index in [1.54, 1.807) is 6.92 Å². The number of nitrogens with zero attached hydrogens (tertiary/aromatic N) is 4. The van der Waals surface area contributed by atoms with Gasteiger partial charge in [0.1, 0.15) is 11.8 Å². The molecule has 0 unspecified atom stereocenters. The van der Waals surface area contributed by atoms with Gasteiger partial charge in [-0.05, 0) is 68.3 Å². The van der Waals surface area contributed by atoms with E-state index < -0.39 is 11.7 Å². The zero-order valence-corrected chi connectivity index (χ0v) is 20.4. The van der Waals surface area contributed by atoms with Crippen molar-refractivity contribution in [1.29, 1.82) is 5.26 Å². The molecule has 0 saturated carbocycles. The van der Waals surface area contributed by atoms with Gasteiger partial charge in [0.05, 0.1) is 16.8 Å². The van der Waals surface area contributed by atoms with Crippen LogP contribution in [0, 0.1) is 32.1 Å². The maximum absolute atomic E-state index is 13.5. The lowest BCUT2D eigenvalue weighted by Gasteiger charge is -2.16. The standard InChI is InChI=1S/C28H23F3N6/c1-17-8-6-10-20(14-17)33-26-22(16-32)19(3)25(27(35-26)34-21-11-7-9-18(2)15-21)37-36-24-13-5-4-12-23(24)28(29,30)31/h4-15H,1-3H3,(H2,33,34,35). The van der Waals surface area contributed by atoms with E-state index in [0.717, 1.165) is 22.9 Å². The van der Waals surface area contributed by atoms with Crippen LogP contribution in [0.25, 0.3) is 0 Å². The molecule has 2 N–H and O–H groups in total. The van der Waals surface area contributed by atoms with Crippen LogP contribution in [0.2, 0.25) is 0 Å². The first kappa shape index (κ1) is 25.4. The van der Waals surface area contributed by atoms with E-state index in [0.29, 0.717) is 11.3 Å². The van der Waals surface area contributed by atoms with Crippen LogP contribution in [0.3, 0.4) is 0 Å². The van der Waals surface area contributed by atoms with Gasteiger partial charge >= 0.3 is 6.18 Å². The van der Waals surface area contributed by atoms with Crippen molar-refractivity contribution in [3.8, 4) is 6.07 Å². The highest BCUT2D eigenvalue weighted by atomic mass is 19.4. The zero-order valence-electron chi connectivity index (χ0n) is 20.4. The topological polar surface area (TPSA) is 85.5 Å². The van der Waals surface area contributed by atoms with Crippen LogP contribution in [0.5, 0.6) is 0 Å². The maximum Gasteiger partial charge on any atom is 0.418 e. The number of halogens is 3. The lowest BCUT2D eigenvalue weighted by Crippen LogP contribution is -2.05. The number of rotatable bonds is 6. The number of benzene rings is 3. The minimum atomic E-state index is -4.59. The van der Waals surface area contributed by atoms with Gasteiger partial charge in [-0.3, -0.25) is 0 Å². The van der Waals surface area contributed by atoms with Crippen LogP contribution >= 0.6 is 0 Å². The summed E-state index contributed by atoms with van der Waals surface area (Å²) < 4.78 is 40.5. The Balaban J connectivity index is 1.86. The average molecular weight is 501 g/mol. The molecular weight excluding hydrogens is 477 g/mol. The van der Waals surface area contributed by atoms with Crippen LogP contribution in [0.4, 0.5) is 47.6 Å². The molecule has 0 bridgehead atoms. The SMILES string of the molecule is Cc1cccc(Nc2nc(Nc3cccc(C)c3)c(N=Nc3ccccc3C(F)(F)F)c(C)c2C#N)c1. The summed E-state index contributed by atoms with van der Waals surface area (Å²) in [4.78, 5) is 4.62. The van der Waals surface area contributed by atoms with Crippen LogP contribution in [0.1, 0.15) is 27.8 Å². The van der Waals surface area contributed by atoms with Gasteiger partial charge in [-0.1, -0.05) is 36.4 Å². The third kappa shape index (κ3) is 5.93. The molecule has 6 nitrogen and oxygen atoms in total. The molecule has 0 amide bonds. The first-order valence-corrected chi connectivity index (χ1v) is 11.4. The van der Waals surface area contributed by atoms with Gasteiger partial charge in [0.15, 0.2) is 11.6 Å². The Hall–Kier alpha value is -4.71. The van der Waals surface area contributed by atoms with E-state index in [1.807, 2.05) is 62.4 Å². The highest BCUT2D eigenvalue weighted by Crippen LogP contribution is 2.40. The van der Waals surface area contributed by atoms with Crippen molar-refractivity contribution in [2.45, 2.75) is 26.9 Å². The fourth-order valence-corrected chi connectivity index (χ4v) is 3.75. The van der Waals surface area contributed by atoms with Crippen LogP contribution in [0.15, 0.2) is 83.0 Å². The summed E-state index contributed by atoms with van der Waals surface area (Å²) in [5.74, 6) is 0.529. The summed E-state index contributed by atoms with van der Waals surface area (Å²) >= 11 is 0. The molecule has 0 aliphatic carbocycles. The summed E-state index contributed by atoms with van der Waals surface area (Å²) in [6.07, 6.45) is -4.59. The minimum absolute atomic E-state index is 0.157. The van der Waals surface area contributed by atoms with Crippen LogP contribution in [-0.4, -0.2) is 4.98 Å². The smallest absolute Gasteiger partial charge is 0.339 e. The Morgan fingerprint density at radius 3 is 1.95 bits per heavy atom. The highest BCUT2D eigenvalue weighted by Gasteiger charge is 2.33. The van der Waals surface area contributed by atoms with Crippen molar-refractivity contribution in [1.82, 2.24) is 4.98 Å². The number of nitrogens with one attached hydrogen (secondary N) is 2. The van der Waals surface area contributed by atoms with Gasteiger partial charge in [0.25, 0.3) is 0 Å². The van der Waals surface area contributed by atoms with Crippen molar-refractivity contribution >= 4 is 34.4 Å². The van der Waals surface area contributed by atoms with Gasteiger partial charge in [0.2, 0.25) is 0 Å². The maximum atomic E-state index is 13.5. The second-order valence-corrected chi connectivity index (χ2v) is 8.47. The number of hydrogen-bond donors (Lipinski definition) is 2. The number of azo groups is 1.